The van der Waals surface area contributed by atoms with E-state index in [1.807, 2.05) is 36.4 Å². The number of hydrogen-bond donors (Lipinski definition) is 1. The molecule has 0 spiro atoms. The van der Waals surface area contributed by atoms with E-state index in [0.29, 0.717) is 30.9 Å². The van der Waals surface area contributed by atoms with Gasteiger partial charge in [0.15, 0.2) is 0 Å². The summed E-state index contributed by atoms with van der Waals surface area (Å²) in [4.78, 5) is 48.9. The Labute approximate surface area is 194 Å². The smallest absolute Gasteiger partial charge is 0.409 e. The van der Waals surface area contributed by atoms with Crippen molar-refractivity contribution >= 4 is 35.0 Å². The Morgan fingerprint density at radius 2 is 1.61 bits per heavy atom. The fourth-order valence-electron chi connectivity index (χ4n) is 3.64. The fraction of sp³-hybridized carbons (Fsp3) is 0.304. The number of carboxylic acid groups (broad SMARTS) is 1. The molecule has 172 valence electrons. The average molecular weight is 471 g/mol. The minimum Gasteiger partial charge on any atom is -0.480 e. The predicted octanol–water partition coefficient (Wildman–Crippen LogP) is 3.16. The molecule has 2 unspecified atom stereocenters. The Morgan fingerprint density at radius 3 is 2.12 bits per heavy atom. The second-order valence-corrected chi connectivity index (χ2v) is 8.98. The van der Waals surface area contributed by atoms with Crippen LogP contribution >= 0.6 is 11.8 Å². The Balaban J connectivity index is 1.31. The van der Waals surface area contributed by atoms with Crippen LogP contribution in [0.4, 0.5) is 9.59 Å². The van der Waals surface area contributed by atoms with Gasteiger partial charge < -0.3 is 19.5 Å². The Hall–Kier alpha value is -3.53. The van der Waals surface area contributed by atoms with E-state index in [-0.39, 0.29) is 12.1 Å². The highest BCUT2D eigenvalue weighted by atomic mass is 32.2. The minimum atomic E-state index is -1.22. The molecule has 33 heavy (non-hydrogen) atoms. The van der Waals surface area contributed by atoms with Crippen LogP contribution in [0.1, 0.15) is 11.1 Å². The fourth-order valence-corrected chi connectivity index (χ4v) is 4.67. The van der Waals surface area contributed by atoms with Crippen molar-refractivity contribution in [3.05, 3.63) is 59.7 Å². The van der Waals surface area contributed by atoms with Gasteiger partial charge in [-0.05, 0) is 48.2 Å². The molecule has 1 N–H and O–H groups in total. The van der Waals surface area contributed by atoms with Crippen LogP contribution < -0.4 is 4.74 Å². The molecule has 0 saturated carbocycles. The molecule has 2 saturated heterocycles. The lowest BCUT2D eigenvalue weighted by molar-refractivity contribution is -0.141. The third-order valence-electron chi connectivity index (χ3n) is 5.51. The van der Waals surface area contributed by atoms with Crippen LogP contribution in [0.2, 0.25) is 0 Å². The first-order valence-corrected chi connectivity index (χ1v) is 11.2. The van der Waals surface area contributed by atoms with Crippen molar-refractivity contribution in [1.82, 2.24) is 9.80 Å². The van der Waals surface area contributed by atoms with E-state index in [2.05, 4.69) is 0 Å². The summed E-state index contributed by atoms with van der Waals surface area (Å²) in [7, 11) is 1.73. The van der Waals surface area contributed by atoms with Crippen LogP contribution in [0.5, 0.6) is 11.5 Å². The summed E-state index contributed by atoms with van der Waals surface area (Å²) < 4.78 is 10.9. The molecule has 2 aliphatic heterocycles. The number of nitrogens with zero attached hydrogens (tertiary/aromatic N) is 2. The molecule has 0 radical (unpaired) electrons. The number of hydrogen-bond acceptors (Lipinski definition) is 7. The zero-order valence-corrected chi connectivity index (χ0v) is 18.6. The topological polar surface area (TPSA) is 113 Å². The molecule has 2 atom stereocenters. The molecular weight excluding hydrogens is 448 g/mol. The van der Waals surface area contributed by atoms with Crippen LogP contribution in [0, 0.1) is 0 Å². The van der Waals surface area contributed by atoms with Crippen LogP contribution in [0.25, 0.3) is 0 Å². The van der Waals surface area contributed by atoms with Crippen LogP contribution in [0.15, 0.2) is 48.5 Å². The lowest BCUT2D eigenvalue weighted by Gasteiger charge is -2.16. The molecule has 0 bridgehead atoms. The standard InChI is InChI=1S/C23H22N2O7S/c1-24-16(13-31-22(24)29)10-14-2-6-17(7-3-14)32-18-8-4-15(5-9-18)11-19-21(28)25(12-20(26)27)23(30)33-19/h2-9,16,19H,10-13H2,1H3,(H,26,27). The number of carboxylic acids is 1. The Bertz CT molecular complexity index is 1070. The number of likely N-dealkylation sites (N-methyl/N-ethyl adjacent to an activating group) is 1. The number of imide groups is 1. The SMILES string of the molecule is CN1C(=O)OCC1Cc1ccc(Oc2ccc(CC3SC(=O)N(CC(=O)O)C3=O)cc2)cc1. The maximum absolute atomic E-state index is 12.3. The maximum Gasteiger partial charge on any atom is 0.409 e. The van der Waals surface area contributed by atoms with Gasteiger partial charge in [0.1, 0.15) is 24.7 Å². The number of rotatable bonds is 8. The number of ether oxygens (including phenoxy) is 2. The lowest BCUT2D eigenvalue weighted by Crippen LogP contribution is -2.36. The van der Waals surface area contributed by atoms with Crippen LogP contribution in [0.3, 0.4) is 0 Å². The highest BCUT2D eigenvalue weighted by molar-refractivity contribution is 8.15. The zero-order valence-electron chi connectivity index (χ0n) is 17.8. The van der Waals surface area contributed by atoms with Gasteiger partial charge in [-0.15, -0.1) is 0 Å². The predicted molar refractivity (Wildman–Crippen MR) is 119 cm³/mol. The summed E-state index contributed by atoms with van der Waals surface area (Å²) in [5.74, 6) is -0.417. The molecule has 2 heterocycles. The Kier molecular flexibility index (Phi) is 6.55. The summed E-state index contributed by atoms with van der Waals surface area (Å²) in [5, 5.41) is 7.69. The molecule has 4 rings (SSSR count). The number of benzene rings is 2. The summed E-state index contributed by atoms with van der Waals surface area (Å²) in [6.45, 7) is -0.230. The van der Waals surface area contributed by atoms with Crippen molar-refractivity contribution in [2.75, 3.05) is 20.2 Å². The third kappa shape index (κ3) is 5.28. The van der Waals surface area contributed by atoms with Gasteiger partial charge in [0.05, 0.1) is 11.3 Å². The number of aliphatic carboxylic acids is 1. The first-order valence-electron chi connectivity index (χ1n) is 10.3. The first-order chi connectivity index (χ1) is 15.8. The molecule has 2 fully saturated rings. The van der Waals surface area contributed by atoms with E-state index in [1.165, 1.54) is 0 Å². The number of thioether (sulfide) groups is 1. The van der Waals surface area contributed by atoms with Gasteiger partial charge in [0.25, 0.3) is 5.24 Å². The summed E-state index contributed by atoms with van der Waals surface area (Å²) in [6.07, 6.45) is 0.715. The average Bonchev–Trinajstić information content (AvgIpc) is 3.24. The van der Waals surface area contributed by atoms with E-state index in [0.717, 1.165) is 27.8 Å². The monoisotopic (exact) mass is 470 g/mol. The first kappa shape index (κ1) is 22.7. The summed E-state index contributed by atoms with van der Waals surface area (Å²) >= 11 is 0.851. The van der Waals surface area contributed by atoms with Crippen LogP contribution in [-0.2, 0) is 27.2 Å². The van der Waals surface area contributed by atoms with Gasteiger partial charge in [-0.25, -0.2) is 4.79 Å². The molecule has 9 nitrogen and oxygen atoms in total. The van der Waals surface area contributed by atoms with E-state index in [9.17, 15) is 19.2 Å². The normalized spacial score (nSPS) is 20.3. The van der Waals surface area contributed by atoms with Crippen molar-refractivity contribution in [1.29, 1.82) is 0 Å². The van der Waals surface area contributed by atoms with Crippen molar-refractivity contribution in [3.63, 3.8) is 0 Å². The number of cyclic esters (lactones) is 1. The lowest BCUT2D eigenvalue weighted by atomic mass is 10.1. The molecule has 3 amide bonds. The highest BCUT2D eigenvalue weighted by Crippen LogP contribution is 2.30. The van der Waals surface area contributed by atoms with Gasteiger partial charge in [-0.3, -0.25) is 19.3 Å². The minimum absolute atomic E-state index is 0.0215. The van der Waals surface area contributed by atoms with Gasteiger partial charge in [-0.1, -0.05) is 36.0 Å². The number of carbonyl (C=O) groups excluding carboxylic acids is 3. The van der Waals surface area contributed by atoms with Gasteiger partial charge >= 0.3 is 12.1 Å². The van der Waals surface area contributed by atoms with E-state index < -0.39 is 28.9 Å². The van der Waals surface area contributed by atoms with E-state index >= 15 is 0 Å². The van der Waals surface area contributed by atoms with Crippen molar-refractivity contribution in [2.24, 2.45) is 0 Å². The van der Waals surface area contributed by atoms with Gasteiger partial charge in [0, 0.05) is 7.05 Å². The van der Waals surface area contributed by atoms with Crippen molar-refractivity contribution < 1.29 is 33.8 Å². The highest BCUT2D eigenvalue weighted by Gasteiger charge is 2.40. The molecular formula is C23H22N2O7S. The molecule has 2 aromatic rings. The Morgan fingerprint density at radius 1 is 1.03 bits per heavy atom. The molecule has 2 aromatic carbocycles. The van der Waals surface area contributed by atoms with Crippen molar-refractivity contribution in [3.8, 4) is 11.5 Å². The second-order valence-electron chi connectivity index (χ2n) is 7.83. The van der Waals surface area contributed by atoms with Gasteiger partial charge in [-0.2, -0.15) is 0 Å². The molecule has 2 aliphatic rings. The molecule has 0 aromatic heterocycles. The quantitative estimate of drug-likeness (QED) is 0.626. The van der Waals surface area contributed by atoms with E-state index in [4.69, 9.17) is 14.6 Å². The largest absolute Gasteiger partial charge is 0.480 e. The molecule has 0 aliphatic carbocycles. The third-order valence-corrected chi connectivity index (χ3v) is 6.58. The van der Waals surface area contributed by atoms with E-state index in [1.54, 1.807) is 24.1 Å². The van der Waals surface area contributed by atoms with Crippen molar-refractivity contribution in [2.45, 2.75) is 24.1 Å². The number of carbonyl (C=O) groups is 4. The maximum atomic E-state index is 12.3. The zero-order chi connectivity index (χ0) is 23.5. The number of amides is 3. The summed E-state index contributed by atoms with van der Waals surface area (Å²) in [5.41, 5.74) is 1.91. The van der Waals surface area contributed by atoms with Gasteiger partial charge in [0.2, 0.25) is 5.91 Å². The summed E-state index contributed by atoms with van der Waals surface area (Å²) in [6, 6.07) is 14.8. The molecule has 10 heteroatoms. The second kappa shape index (κ2) is 9.53. The van der Waals surface area contributed by atoms with Crippen LogP contribution in [-0.4, -0.2) is 69.6 Å².